The van der Waals surface area contributed by atoms with Crippen molar-refractivity contribution in [2.75, 3.05) is 0 Å². The number of rotatable bonds is 1. The average Bonchev–Trinajstić information content (AvgIpc) is 2.54. The third kappa shape index (κ3) is 1.67. The summed E-state index contributed by atoms with van der Waals surface area (Å²) in [6.45, 7) is 9.68. The molecule has 1 aromatic heterocycles. The van der Waals surface area contributed by atoms with Crippen molar-refractivity contribution in [1.82, 2.24) is 9.78 Å². The van der Waals surface area contributed by atoms with Crippen LogP contribution in [0.1, 0.15) is 19.5 Å². The minimum Gasteiger partial charge on any atom is -0.534 e. The summed E-state index contributed by atoms with van der Waals surface area (Å²) in [7, 11) is 1.51. The van der Waals surface area contributed by atoms with Gasteiger partial charge in [0.15, 0.2) is 0 Å². The Morgan fingerprint density at radius 1 is 1.53 bits per heavy atom. The Morgan fingerprint density at radius 2 is 2.20 bits per heavy atom. The van der Waals surface area contributed by atoms with Crippen LogP contribution in [0, 0.1) is 6.92 Å². The van der Waals surface area contributed by atoms with Crippen molar-refractivity contribution in [2.24, 2.45) is 7.05 Å². The molecule has 0 atom stereocenters. The molecule has 0 amide bonds. The topological polar surface area (TPSA) is 36.3 Å². The van der Waals surface area contributed by atoms with Gasteiger partial charge in [-0.15, -0.1) is 0 Å². The predicted octanol–water partition coefficient (Wildman–Crippen LogP) is 0.763. The van der Waals surface area contributed by atoms with Gasteiger partial charge in [-0.05, 0) is 20.8 Å². The zero-order valence-corrected chi connectivity index (χ0v) is 9.57. The van der Waals surface area contributed by atoms with E-state index in [0.717, 1.165) is 11.2 Å². The summed E-state index contributed by atoms with van der Waals surface area (Å²) in [4.78, 5) is 0. The van der Waals surface area contributed by atoms with Crippen LogP contribution in [-0.4, -0.2) is 22.5 Å². The quantitative estimate of drug-likeness (QED) is 0.636. The third-order valence-corrected chi connectivity index (χ3v) is 2.63. The van der Waals surface area contributed by atoms with E-state index in [0.29, 0.717) is 5.76 Å². The van der Waals surface area contributed by atoms with Crippen LogP contribution in [0.5, 0.6) is 0 Å². The summed E-state index contributed by atoms with van der Waals surface area (Å²) < 4.78 is 13.1. The molecule has 0 aromatic carbocycles. The van der Waals surface area contributed by atoms with Gasteiger partial charge in [-0.1, -0.05) is 6.58 Å². The van der Waals surface area contributed by atoms with Crippen LogP contribution in [0.15, 0.2) is 18.5 Å². The standard InChI is InChI=1S/C10H15BN2O2/c1-7-9(6-13(5)12-7)11-14-8(2)10(3,4)15-11/h6H,2H2,1,3-5H3. The Morgan fingerprint density at radius 3 is 2.60 bits per heavy atom. The van der Waals surface area contributed by atoms with Crippen LogP contribution in [-0.2, 0) is 16.4 Å². The summed E-state index contributed by atoms with van der Waals surface area (Å²) in [6, 6.07) is 0. The highest BCUT2D eigenvalue weighted by atomic mass is 16.7. The van der Waals surface area contributed by atoms with Gasteiger partial charge in [0.05, 0.1) is 11.5 Å². The molecule has 4 nitrogen and oxygen atoms in total. The van der Waals surface area contributed by atoms with E-state index in [-0.39, 0.29) is 7.12 Å². The largest absolute Gasteiger partial charge is 0.566 e. The minimum atomic E-state index is -0.424. The van der Waals surface area contributed by atoms with Gasteiger partial charge in [0.2, 0.25) is 0 Å². The first-order valence-electron chi connectivity index (χ1n) is 4.94. The zero-order chi connectivity index (χ0) is 11.2. The van der Waals surface area contributed by atoms with Gasteiger partial charge in [-0.25, -0.2) is 0 Å². The molecule has 1 saturated heterocycles. The molecule has 1 aliphatic rings. The molecule has 0 bridgehead atoms. The second-order valence-corrected chi connectivity index (χ2v) is 4.34. The van der Waals surface area contributed by atoms with Crippen molar-refractivity contribution in [2.45, 2.75) is 26.4 Å². The first kappa shape index (κ1) is 10.3. The van der Waals surface area contributed by atoms with Gasteiger partial charge in [-0.2, -0.15) is 5.10 Å². The predicted molar refractivity (Wildman–Crippen MR) is 58.7 cm³/mol. The van der Waals surface area contributed by atoms with Gasteiger partial charge in [0.25, 0.3) is 0 Å². The summed E-state index contributed by atoms with van der Waals surface area (Å²) in [6.07, 6.45) is 1.91. The van der Waals surface area contributed by atoms with Crippen LogP contribution >= 0.6 is 0 Å². The molecule has 80 valence electrons. The Balaban J connectivity index is 2.28. The molecule has 0 radical (unpaired) electrons. The molecule has 1 aromatic rings. The Bertz CT molecular complexity index is 412. The van der Waals surface area contributed by atoms with E-state index < -0.39 is 5.60 Å². The first-order chi connectivity index (χ1) is 6.90. The number of aromatic nitrogens is 2. The molecule has 0 aliphatic carbocycles. The number of nitrogens with zero attached hydrogens (tertiary/aromatic N) is 2. The van der Waals surface area contributed by atoms with Crippen molar-refractivity contribution >= 4 is 12.6 Å². The van der Waals surface area contributed by atoms with E-state index in [1.807, 2.05) is 34.0 Å². The second kappa shape index (κ2) is 3.13. The highest BCUT2D eigenvalue weighted by Gasteiger charge is 2.44. The maximum Gasteiger partial charge on any atom is 0.566 e. The Hall–Kier alpha value is -1.23. The molecular weight excluding hydrogens is 191 g/mol. The van der Waals surface area contributed by atoms with Crippen LogP contribution in [0.4, 0.5) is 0 Å². The molecule has 5 heteroatoms. The van der Waals surface area contributed by atoms with E-state index in [1.54, 1.807) is 4.68 Å². The SMILES string of the molecule is C=C1OB(c2cn(C)nc2C)OC1(C)C. The molecule has 0 saturated carbocycles. The fourth-order valence-electron chi connectivity index (χ4n) is 1.60. The van der Waals surface area contributed by atoms with Crippen LogP contribution in [0.25, 0.3) is 0 Å². The minimum absolute atomic E-state index is 0.374. The zero-order valence-electron chi connectivity index (χ0n) is 9.57. The molecule has 1 aliphatic heterocycles. The number of hydrogen-bond donors (Lipinski definition) is 0. The Kier molecular flexibility index (Phi) is 2.15. The van der Waals surface area contributed by atoms with Crippen LogP contribution in [0.3, 0.4) is 0 Å². The highest BCUT2D eigenvalue weighted by molar-refractivity contribution is 6.62. The molecule has 0 spiro atoms. The summed E-state index contributed by atoms with van der Waals surface area (Å²) in [5, 5.41) is 4.26. The van der Waals surface area contributed by atoms with Crippen molar-refractivity contribution in [1.29, 1.82) is 0 Å². The normalized spacial score (nSPS) is 19.5. The maximum absolute atomic E-state index is 5.77. The van der Waals surface area contributed by atoms with Gasteiger partial charge >= 0.3 is 7.12 Å². The van der Waals surface area contributed by atoms with E-state index in [4.69, 9.17) is 9.31 Å². The molecule has 0 N–H and O–H groups in total. The smallest absolute Gasteiger partial charge is 0.534 e. The Labute approximate surface area is 90.0 Å². The van der Waals surface area contributed by atoms with Gasteiger partial charge in [0, 0.05) is 18.7 Å². The van der Waals surface area contributed by atoms with Crippen molar-refractivity contribution in [3.8, 4) is 0 Å². The fourth-order valence-corrected chi connectivity index (χ4v) is 1.60. The number of aryl methyl sites for hydroxylation is 2. The average molecular weight is 206 g/mol. The molecule has 0 unspecified atom stereocenters. The highest BCUT2D eigenvalue weighted by Crippen LogP contribution is 2.29. The lowest BCUT2D eigenvalue weighted by molar-refractivity contribution is 0.173. The lowest BCUT2D eigenvalue weighted by atomic mass is 9.79. The maximum atomic E-state index is 5.77. The molecule has 15 heavy (non-hydrogen) atoms. The molecule has 1 fully saturated rings. The van der Waals surface area contributed by atoms with Crippen molar-refractivity contribution in [3.63, 3.8) is 0 Å². The van der Waals surface area contributed by atoms with Gasteiger partial charge in [0.1, 0.15) is 5.60 Å². The molecule has 2 heterocycles. The van der Waals surface area contributed by atoms with E-state index >= 15 is 0 Å². The summed E-state index contributed by atoms with van der Waals surface area (Å²) >= 11 is 0. The van der Waals surface area contributed by atoms with Gasteiger partial charge in [-0.3, -0.25) is 4.68 Å². The van der Waals surface area contributed by atoms with E-state index in [1.165, 1.54) is 0 Å². The second-order valence-electron chi connectivity index (χ2n) is 4.34. The van der Waals surface area contributed by atoms with Crippen molar-refractivity contribution in [3.05, 3.63) is 24.2 Å². The van der Waals surface area contributed by atoms with E-state index in [9.17, 15) is 0 Å². The third-order valence-electron chi connectivity index (χ3n) is 2.63. The lowest BCUT2D eigenvalue weighted by Crippen LogP contribution is -2.35. The van der Waals surface area contributed by atoms with Crippen LogP contribution in [0.2, 0.25) is 0 Å². The fraction of sp³-hybridized carbons (Fsp3) is 0.500. The van der Waals surface area contributed by atoms with Crippen molar-refractivity contribution < 1.29 is 9.31 Å². The van der Waals surface area contributed by atoms with Crippen LogP contribution < -0.4 is 5.46 Å². The van der Waals surface area contributed by atoms with E-state index in [2.05, 4.69) is 11.7 Å². The van der Waals surface area contributed by atoms with Gasteiger partial charge < -0.3 is 9.31 Å². The lowest BCUT2D eigenvalue weighted by Gasteiger charge is -2.15. The number of hydrogen-bond acceptors (Lipinski definition) is 3. The molecule has 2 rings (SSSR count). The summed E-state index contributed by atoms with van der Waals surface area (Å²) in [5.41, 5.74) is 1.46. The monoisotopic (exact) mass is 206 g/mol. The molecular formula is C10H15BN2O2. The summed E-state index contributed by atoms with van der Waals surface area (Å²) in [5.74, 6) is 0.663. The first-order valence-corrected chi connectivity index (χ1v) is 4.94.